The highest BCUT2D eigenvalue weighted by Crippen LogP contribution is 2.64. The predicted octanol–water partition coefficient (Wildman–Crippen LogP) is 5.89. The molecule has 3 saturated carbocycles. The molecule has 1 heteroatoms. The Hall–Kier alpha value is -1.03. The fourth-order valence-electron chi connectivity index (χ4n) is 7.03. The van der Waals surface area contributed by atoms with Crippen molar-refractivity contribution in [2.24, 2.45) is 40.9 Å². The molecule has 0 amide bonds. The first-order chi connectivity index (χ1) is 11.0. The van der Waals surface area contributed by atoms with E-state index in [1.807, 2.05) is 0 Å². The maximum absolute atomic E-state index is 9.23. The summed E-state index contributed by atoms with van der Waals surface area (Å²) >= 11 is 0. The lowest BCUT2D eigenvalue weighted by Crippen LogP contribution is -2.44. The fraction of sp³-hybridized carbons (Fsp3) is 0.773. The van der Waals surface area contributed by atoms with E-state index < -0.39 is 0 Å². The van der Waals surface area contributed by atoms with Crippen LogP contribution in [0.25, 0.3) is 0 Å². The largest absolute Gasteiger partial charge is 0.198 e. The molecule has 0 bridgehead atoms. The average molecular weight is 309 g/mol. The lowest BCUT2D eigenvalue weighted by molar-refractivity contribution is 0.00221. The summed E-state index contributed by atoms with van der Waals surface area (Å²) in [6.07, 6.45) is 14.0. The molecule has 0 aromatic carbocycles. The Balaban J connectivity index is 1.61. The molecule has 6 atom stereocenters. The molecular formula is C22H31N. The van der Waals surface area contributed by atoms with Gasteiger partial charge in [0.25, 0.3) is 0 Å². The van der Waals surface area contributed by atoms with Crippen molar-refractivity contribution in [1.29, 1.82) is 5.26 Å². The third kappa shape index (κ3) is 2.25. The van der Waals surface area contributed by atoms with Gasteiger partial charge in [-0.25, -0.2) is 0 Å². The summed E-state index contributed by atoms with van der Waals surface area (Å²) in [4.78, 5) is 0. The summed E-state index contributed by atoms with van der Waals surface area (Å²) in [5.74, 6) is 4.58. The first-order valence-corrected chi connectivity index (χ1v) is 9.85. The molecule has 124 valence electrons. The Morgan fingerprint density at radius 3 is 2.78 bits per heavy atom. The van der Waals surface area contributed by atoms with Crippen LogP contribution in [-0.2, 0) is 0 Å². The lowest BCUT2D eigenvalue weighted by Gasteiger charge is -2.53. The number of hydrogen-bond donors (Lipinski definition) is 0. The minimum Gasteiger partial charge on any atom is -0.198 e. The monoisotopic (exact) mass is 309 g/mol. The topological polar surface area (TPSA) is 23.8 Å². The van der Waals surface area contributed by atoms with Gasteiger partial charge in [0.2, 0.25) is 0 Å². The third-order valence-electron chi connectivity index (χ3n) is 7.99. The Bertz CT molecular complexity index is 590. The number of allylic oxidation sites excluding steroid dienone is 4. The molecule has 6 unspecified atom stereocenters. The summed E-state index contributed by atoms with van der Waals surface area (Å²) in [5.41, 5.74) is 3.79. The molecule has 4 aliphatic carbocycles. The zero-order chi connectivity index (χ0) is 16.2. The van der Waals surface area contributed by atoms with E-state index in [4.69, 9.17) is 0 Å². The van der Waals surface area contributed by atoms with Gasteiger partial charge in [-0.3, -0.25) is 0 Å². The van der Waals surface area contributed by atoms with Crippen LogP contribution >= 0.6 is 0 Å². The van der Waals surface area contributed by atoms with Crippen LogP contribution in [0.1, 0.15) is 65.7 Å². The van der Waals surface area contributed by atoms with Crippen molar-refractivity contribution in [2.75, 3.05) is 0 Å². The van der Waals surface area contributed by atoms with Crippen molar-refractivity contribution in [2.45, 2.75) is 65.7 Å². The number of fused-ring (bicyclic) bond motifs is 5. The van der Waals surface area contributed by atoms with Gasteiger partial charge in [0.05, 0.1) is 12.0 Å². The minimum absolute atomic E-state index is 0.135. The van der Waals surface area contributed by atoms with Gasteiger partial charge < -0.3 is 0 Å². The van der Waals surface area contributed by atoms with Crippen LogP contribution < -0.4 is 0 Å². The first-order valence-electron chi connectivity index (χ1n) is 9.85. The predicted molar refractivity (Wildman–Crippen MR) is 94.5 cm³/mol. The normalized spacial score (nSPS) is 45.4. The van der Waals surface area contributed by atoms with Crippen molar-refractivity contribution < 1.29 is 0 Å². The van der Waals surface area contributed by atoms with Crippen LogP contribution in [0, 0.1) is 52.3 Å². The molecule has 4 rings (SSSR count). The molecule has 1 nitrogen and oxygen atoms in total. The molecule has 0 aromatic heterocycles. The molecule has 0 aliphatic heterocycles. The molecule has 0 N–H and O–H groups in total. The second-order valence-electron chi connectivity index (χ2n) is 9.21. The summed E-state index contributed by atoms with van der Waals surface area (Å²) in [5, 5.41) is 9.23. The second kappa shape index (κ2) is 5.51. The number of rotatable bonds is 1. The van der Waals surface area contributed by atoms with Gasteiger partial charge in [0.1, 0.15) is 0 Å². The Kier molecular flexibility index (Phi) is 3.71. The summed E-state index contributed by atoms with van der Waals surface area (Å²) in [6.45, 7) is 7.51. The number of nitrogens with zero attached hydrogens (tertiary/aromatic N) is 1. The van der Waals surface area contributed by atoms with Crippen LogP contribution in [0.5, 0.6) is 0 Å². The van der Waals surface area contributed by atoms with E-state index in [2.05, 4.69) is 39.0 Å². The maximum Gasteiger partial charge on any atom is 0.0700 e. The van der Waals surface area contributed by atoms with Crippen LogP contribution in [0.3, 0.4) is 0 Å². The average Bonchev–Trinajstić information content (AvgIpc) is 2.91. The zero-order valence-corrected chi connectivity index (χ0v) is 15.0. The number of hydrogen-bond acceptors (Lipinski definition) is 1. The van der Waals surface area contributed by atoms with Crippen molar-refractivity contribution in [3.63, 3.8) is 0 Å². The SMILES string of the molecule is CC(C)C1CCC2C3CCC4=CC(C#N)CC=C4C3CCC12C. The van der Waals surface area contributed by atoms with E-state index in [0.29, 0.717) is 5.41 Å². The molecule has 3 fully saturated rings. The molecule has 0 heterocycles. The third-order valence-corrected chi connectivity index (χ3v) is 7.99. The van der Waals surface area contributed by atoms with E-state index >= 15 is 0 Å². The summed E-state index contributed by atoms with van der Waals surface area (Å²) in [6, 6.07) is 2.45. The lowest BCUT2D eigenvalue weighted by atomic mass is 9.52. The molecule has 0 spiro atoms. The number of nitriles is 1. The van der Waals surface area contributed by atoms with Crippen LogP contribution in [-0.4, -0.2) is 0 Å². The highest BCUT2D eigenvalue weighted by atomic mass is 14.6. The van der Waals surface area contributed by atoms with Gasteiger partial charge in [-0.2, -0.15) is 5.26 Å². The van der Waals surface area contributed by atoms with Gasteiger partial charge in [0.15, 0.2) is 0 Å². The smallest absolute Gasteiger partial charge is 0.0700 e. The van der Waals surface area contributed by atoms with Crippen LogP contribution in [0.2, 0.25) is 0 Å². The fourth-order valence-corrected chi connectivity index (χ4v) is 7.03. The van der Waals surface area contributed by atoms with E-state index in [1.54, 1.807) is 5.57 Å². The van der Waals surface area contributed by atoms with Crippen molar-refractivity contribution >= 4 is 0 Å². The second-order valence-corrected chi connectivity index (χ2v) is 9.21. The van der Waals surface area contributed by atoms with Gasteiger partial charge in [-0.05, 0) is 91.1 Å². The van der Waals surface area contributed by atoms with Gasteiger partial charge in [-0.15, -0.1) is 0 Å². The van der Waals surface area contributed by atoms with Crippen molar-refractivity contribution in [3.05, 3.63) is 23.3 Å². The van der Waals surface area contributed by atoms with E-state index in [0.717, 1.165) is 36.0 Å². The van der Waals surface area contributed by atoms with Gasteiger partial charge in [0, 0.05) is 0 Å². The Morgan fingerprint density at radius 1 is 1.22 bits per heavy atom. The highest BCUT2D eigenvalue weighted by Gasteiger charge is 2.55. The molecule has 4 aliphatic rings. The summed E-state index contributed by atoms with van der Waals surface area (Å²) in [7, 11) is 0. The van der Waals surface area contributed by atoms with Gasteiger partial charge >= 0.3 is 0 Å². The first kappa shape index (κ1) is 15.5. The molecule has 23 heavy (non-hydrogen) atoms. The highest BCUT2D eigenvalue weighted by molar-refractivity contribution is 5.41. The molecule has 0 radical (unpaired) electrons. The van der Waals surface area contributed by atoms with Crippen LogP contribution in [0.15, 0.2) is 23.3 Å². The zero-order valence-electron chi connectivity index (χ0n) is 15.0. The Morgan fingerprint density at radius 2 is 2.04 bits per heavy atom. The molecule has 0 saturated heterocycles. The quantitative estimate of drug-likeness (QED) is 0.592. The molecular weight excluding hydrogens is 278 g/mol. The standard InChI is InChI=1S/C22H31N/c1-14(2)20-8-9-21-19-7-5-16-12-15(13-23)4-6-17(16)18(19)10-11-22(20,21)3/h6,12,14-15,18-21H,4-5,7-11H2,1-3H3. The van der Waals surface area contributed by atoms with Gasteiger partial charge in [-0.1, -0.05) is 32.9 Å². The minimum atomic E-state index is 0.135. The van der Waals surface area contributed by atoms with E-state index in [9.17, 15) is 5.26 Å². The van der Waals surface area contributed by atoms with Crippen molar-refractivity contribution in [3.8, 4) is 6.07 Å². The summed E-state index contributed by atoms with van der Waals surface area (Å²) < 4.78 is 0. The van der Waals surface area contributed by atoms with Crippen molar-refractivity contribution in [1.82, 2.24) is 0 Å². The van der Waals surface area contributed by atoms with E-state index in [-0.39, 0.29) is 5.92 Å². The maximum atomic E-state index is 9.23. The van der Waals surface area contributed by atoms with Crippen LogP contribution in [0.4, 0.5) is 0 Å². The molecule has 0 aromatic rings. The van der Waals surface area contributed by atoms with E-state index in [1.165, 1.54) is 44.1 Å². The Labute approximate surface area is 141 Å².